The summed E-state index contributed by atoms with van der Waals surface area (Å²) in [5, 5.41) is 10.5. The fourth-order valence-electron chi connectivity index (χ4n) is 5.69. The lowest BCUT2D eigenvalue weighted by molar-refractivity contribution is -0.137. The van der Waals surface area contributed by atoms with Crippen molar-refractivity contribution in [2.24, 2.45) is 17.8 Å². The Kier molecular flexibility index (Phi) is 6.45. The van der Waals surface area contributed by atoms with Crippen molar-refractivity contribution in [3.05, 3.63) is 41.5 Å². The van der Waals surface area contributed by atoms with Crippen molar-refractivity contribution >= 4 is 5.82 Å². The number of nitrogens with zero attached hydrogens (tertiary/aromatic N) is 3. The molecule has 0 unspecified atom stereocenters. The highest BCUT2D eigenvalue weighted by Crippen LogP contribution is 2.42. The fraction of sp³-hybridized carbons (Fsp3) is 0.583. The molecular weight excluding hydrogens is 455 g/mol. The SMILES string of the molecule is Fc1ccc(F)c(-c2cc(C(F)(F)F)c(N[C@H]3C[C@@H]4CN(CC5CCOCC5)C[C@@H]4C3)nn2)c1. The summed E-state index contributed by atoms with van der Waals surface area (Å²) in [6.45, 7) is 4.65. The van der Waals surface area contributed by atoms with E-state index in [2.05, 4.69) is 20.4 Å². The highest BCUT2D eigenvalue weighted by Gasteiger charge is 2.43. The van der Waals surface area contributed by atoms with E-state index >= 15 is 0 Å². The number of hydrogen-bond donors (Lipinski definition) is 1. The zero-order valence-corrected chi connectivity index (χ0v) is 18.6. The molecule has 3 aliphatic rings. The van der Waals surface area contributed by atoms with Crippen molar-refractivity contribution in [3.8, 4) is 11.3 Å². The van der Waals surface area contributed by atoms with Gasteiger partial charge in [0, 0.05) is 44.5 Å². The van der Waals surface area contributed by atoms with Crippen LogP contribution in [0.3, 0.4) is 0 Å². The van der Waals surface area contributed by atoms with Gasteiger partial charge in [0.05, 0.1) is 5.69 Å². The molecule has 1 aliphatic carbocycles. The van der Waals surface area contributed by atoms with Gasteiger partial charge in [-0.25, -0.2) is 8.78 Å². The fourth-order valence-corrected chi connectivity index (χ4v) is 5.69. The zero-order chi connectivity index (χ0) is 23.9. The normalized spacial score (nSPS) is 26.1. The molecule has 2 aliphatic heterocycles. The Balaban J connectivity index is 1.26. The van der Waals surface area contributed by atoms with Gasteiger partial charge in [-0.15, -0.1) is 10.2 Å². The number of likely N-dealkylation sites (tertiary alicyclic amines) is 1. The van der Waals surface area contributed by atoms with Gasteiger partial charge in [0.15, 0.2) is 5.82 Å². The van der Waals surface area contributed by atoms with Gasteiger partial charge in [0.2, 0.25) is 0 Å². The second-order valence-corrected chi connectivity index (χ2v) is 9.72. The van der Waals surface area contributed by atoms with Crippen molar-refractivity contribution in [1.82, 2.24) is 15.1 Å². The summed E-state index contributed by atoms with van der Waals surface area (Å²) in [5.74, 6) is -0.443. The third kappa shape index (κ3) is 5.02. The van der Waals surface area contributed by atoms with E-state index in [-0.39, 0.29) is 23.1 Å². The molecule has 3 fully saturated rings. The Bertz CT molecular complexity index is 1010. The van der Waals surface area contributed by atoms with Crippen LogP contribution in [0.25, 0.3) is 11.3 Å². The lowest BCUT2D eigenvalue weighted by atomic mass is 10.00. The van der Waals surface area contributed by atoms with Crippen LogP contribution in [0.4, 0.5) is 27.8 Å². The van der Waals surface area contributed by atoms with Crippen LogP contribution < -0.4 is 5.32 Å². The number of anilines is 1. The quantitative estimate of drug-likeness (QED) is 0.609. The van der Waals surface area contributed by atoms with E-state index in [1.54, 1.807) is 0 Å². The molecule has 2 aromatic rings. The molecule has 1 aromatic carbocycles. The standard InChI is InChI=1S/C24H27F5N4O/c25-17-1-2-21(26)19(9-17)22-10-20(24(27,28)29)23(32-31-22)30-18-7-15-12-33(13-16(15)8-18)11-14-3-5-34-6-4-14/h1-2,9-10,14-16,18H,3-8,11-13H2,(H,30,32)/t15-,16+,18+. The molecule has 1 aromatic heterocycles. The summed E-state index contributed by atoms with van der Waals surface area (Å²) in [7, 11) is 0. The predicted octanol–water partition coefficient (Wildman–Crippen LogP) is 4.99. The topological polar surface area (TPSA) is 50.3 Å². The summed E-state index contributed by atoms with van der Waals surface area (Å²) in [6.07, 6.45) is -0.997. The first kappa shape index (κ1) is 23.4. The molecule has 0 amide bonds. The molecule has 0 spiro atoms. The first-order valence-corrected chi connectivity index (χ1v) is 11.7. The average molecular weight is 482 g/mol. The summed E-state index contributed by atoms with van der Waals surface area (Å²) in [6, 6.07) is 3.17. The average Bonchev–Trinajstić information content (AvgIpc) is 3.33. The second-order valence-electron chi connectivity index (χ2n) is 9.72. The number of ether oxygens (including phenoxy) is 1. The third-order valence-corrected chi connectivity index (χ3v) is 7.33. The van der Waals surface area contributed by atoms with Crippen LogP contribution in [-0.2, 0) is 10.9 Å². The van der Waals surface area contributed by atoms with E-state index < -0.39 is 23.4 Å². The van der Waals surface area contributed by atoms with Crippen LogP contribution in [0.5, 0.6) is 0 Å². The Labute approximate surface area is 194 Å². The van der Waals surface area contributed by atoms with E-state index in [1.165, 1.54) is 0 Å². The largest absolute Gasteiger partial charge is 0.420 e. The minimum Gasteiger partial charge on any atom is -0.381 e. The molecule has 1 saturated carbocycles. The third-order valence-electron chi connectivity index (χ3n) is 7.33. The van der Waals surface area contributed by atoms with Crippen LogP contribution in [0.15, 0.2) is 24.3 Å². The predicted molar refractivity (Wildman–Crippen MR) is 116 cm³/mol. The highest BCUT2D eigenvalue weighted by molar-refractivity contribution is 5.63. The Morgan fingerprint density at radius 3 is 2.38 bits per heavy atom. The molecule has 1 N–H and O–H groups in total. The smallest absolute Gasteiger partial charge is 0.381 e. The number of alkyl halides is 3. The number of benzene rings is 1. The van der Waals surface area contributed by atoms with E-state index in [0.29, 0.717) is 17.8 Å². The number of aromatic nitrogens is 2. The summed E-state index contributed by atoms with van der Waals surface area (Å²) in [4.78, 5) is 2.49. The summed E-state index contributed by atoms with van der Waals surface area (Å²) >= 11 is 0. The molecule has 3 heterocycles. The first-order chi connectivity index (χ1) is 16.3. The maximum Gasteiger partial charge on any atom is 0.420 e. The summed E-state index contributed by atoms with van der Waals surface area (Å²) < 4.78 is 74.5. The maximum absolute atomic E-state index is 14.1. The highest BCUT2D eigenvalue weighted by atomic mass is 19.4. The van der Waals surface area contributed by atoms with Crippen molar-refractivity contribution in [2.75, 3.05) is 38.2 Å². The number of rotatable bonds is 5. The first-order valence-electron chi connectivity index (χ1n) is 11.7. The summed E-state index contributed by atoms with van der Waals surface area (Å²) in [5.41, 5.74) is -1.74. The Hall–Kier alpha value is -2.33. The van der Waals surface area contributed by atoms with Gasteiger partial charge >= 0.3 is 6.18 Å². The van der Waals surface area contributed by atoms with E-state index in [4.69, 9.17) is 4.74 Å². The van der Waals surface area contributed by atoms with Gasteiger partial charge in [-0.3, -0.25) is 0 Å². The van der Waals surface area contributed by atoms with Crippen LogP contribution in [-0.4, -0.2) is 54.0 Å². The van der Waals surface area contributed by atoms with Gasteiger partial charge in [0.25, 0.3) is 0 Å². The Morgan fingerprint density at radius 2 is 1.71 bits per heavy atom. The molecule has 10 heteroatoms. The lowest BCUT2D eigenvalue weighted by Gasteiger charge is -2.28. The lowest BCUT2D eigenvalue weighted by Crippen LogP contribution is -2.32. The van der Waals surface area contributed by atoms with Crippen molar-refractivity contribution in [3.63, 3.8) is 0 Å². The van der Waals surface area contributed by atoms with Gasteiger partial charge in [0.1, 0.15) is 17.2 Å². The second kappa shape index (κ2) is 9.37. The number of nitrogens with one attached hydrogen (secondary N) is 1. The van der Waals surface area contributed by atoms with Crippen LogP contribution in [0.1, 0.15) is 31.2 Å². The Morgan fingerprint density at radius 1 is 1.00 bits per heavy atom. The van der Waals surface area contributed by atoms with Crippen LogP contribution in [0, 0.1) is 29.4 Å². The van der Waals surface area contributed by atoms with Gasteiger partial charge < -0.3 is 15.0 Å². The van der Waals surface area contributed by atoms with Crippen LogP contribution in [0.2, 0.25) is 0 Å². The minimum absolute atomic E-state index is 0.132. The molecule has 34 heavy (non-hydrogen) atoms. The molecule has 3 atom stereocenters. The minimum atomic E-state index is -4.72. The van der Waals surface area contributed by atoms with Crippen LogP contribution >= 0.6 is 0 Å². The molecule has 2 saturated heterocycles. The van der Waals surface area contributed by atoms with E-state index in [0.717, 1.165) is 82.8 Å². The van der Waals surface area contributed by atoms with Gasteiger partial charge in [-0.1, -0.05) is 0 Å². The molecule has 5 rings (SSSR count). The zero-order valence-electron chi connectivity index (χ0n) is 18.6. The maximum atomic E-state index is 14.1. The number of hydrogen-bond acceptors (Lipinski definition) is 5. The number of halogens is 5. The van der Waals surface area contributed by atoms with Gasteiger partial charge in [-0.05, 0) is 67.7 Å². The van der Waals surface area contributed by atoms with Crippen molar-refractivity contribution in [1.29, 1.82) is 0 Å². The van der Waals surface area contributed by atoms with Gasteiger partial charge in [-0.2, -0.15) is 13.2 Å². The molecule has 0 bridgehead atoms. The van der Waals surface area contributed by atoms with E-state index in [1.807, 2.05) is 0 Å². The molecule has 0 radical (unpaired) electrons. The van der Waals surface area contributed by atoms with E-state index in [9.17, 15) is 22.0 Å². The molecule has 184 valence electrons. The van der Waals surface area contributed by atoms with Crippen molar-refractivity contribution < 1.29 is 26.7 Å². The number of fused-ring (bicyclic) bond motifs is 1. The molecular formula is C24H27F5N4O. The molecule has 5 nitrogen and oxygen atoms in total. The monoisotopic (exact) mass is 482 g/mol. The van der Waals surface area contributed by atoms with Crippen molar-refractivity contribution in [2.45, 2.75) is 37.9 Å².